The first kappa shape index (κ1) is 14.5. The monoisotopic (exact) mass is 271 g/mol. The maximum atomic E-state index is 5.12. The summed E-state index contributed by atoms with van der Waals surface area (Å²) in [6.07, 6.45) is 0. The third-order valence-corrected chi connectivity index (χ3v) is 3.12. The maximum absolute atomic E-state index is 5.12. The van der Waals surface area contributed by atoms with E-state index in [-0.39, 0.29) is 0 Å². The molecule has 1 aromatic carbocycles. The molecule has 1 heterocycles. The Labute approximate surface area is 120 Å². The van der Waals surface area contributed by atoms with Crippen LogP contribution in [0.2, 0.25) is 0 Å². The van der Waals surface area contributed by atoms with Crippen molar-refractivity contribution >= 4 is 5.82 Å². The number of nitrogens with one attached hydrogen (secondary N) is 1. The first-order chi connectivity index (χ1) is 9.63. The van der Waals surface area contributed by atoms with Crippen LogP contribution in [0.15, 0.2) is 30.3 Å². The van der Waals surface area contributed by atoms with Crippen molar-refractivity contribution in [1.29, 1.82) is 0 Å². The maximum Gasteiger partial charge on any atom is 0.161 e. The minimum Gasteiger partial charge on any atom is -0.380 e. The number of nitrogens with zero attached hydrogens (tertiary/aromatic N) is 2. The molecule has 0 amide bonds. The highest BCUT2D eigenvalue weighted by atomic mass is 16.5. The van der Waals surface area contributed by atoms with E-state index in [9.17, 15) is 0 Å². The normalized spacial score (nSPS) is 10.8. The average Bonchev–Trinajstić information content (AvgIpc) is 2.47. The Morgan fingerprint density at radius 1 is 1.15 bits per heavy atom. The molecule has 0 atom stereocenters. The summed E-state index contributed by atoms with van der Waals surface area (Å²) in [4.78, 5) is 9.17. The number of hydrogen-bond acceptors (Lipinski definition) is 4. The second kappa shape index (κ2) is 6.48. The highest BCUT2D eigenvalue weighted by Gasteiger charge is 2.09. The Morgan fingerprint density at radius 2 is 1.85 bits per heavy atom. The lowest BCUT2D eigenvalue weighted by Gasteiger charge is -2.10. The average molecular weight is 271 g/mol. The number of rotatable bonds is 5. The number of hydrogen-bond donors (Lipinski definition) is 1. The van der Waals surface area contributed by atoms with Crippen molar-refractivity contribution in [1.82, 2.24) is 9.97 Å². The van der Waals surface area contributed by atoms with E-state index < -0.39 is 0 Å². The summed E-state index contributed by atoms with van der Waals surface area (Å²) in [5, 5.41) is 3.09. The van der Waals surface area contributed by atoms with Gasteiger partial charge >= 0.3 is 0 Å². The Morgan fingerprint density at radius 3 is 2.40 bits per heavy atom. The number of methoxy groups -OCH3 is 1. The van der Waals surface area contributed by atoms with Crippen molar-refractivity contribution in [2.45, 2.75) is 26.4 Å². The molecule has 0 saturated heterocycles. The highest BCUT2D eigenvalue weighted by Crippen LogP contribution is 2.22. The van der Waals surface area contributed by atoms with Crippen molar-refractivity contribution in [3.8, 4) is 11.4 Å². The third-order valence-electron chi connectivity index (χ3n) is 3.12. The van der Waals surface area contributed by atoms with Gasteiger partial charge in [0, 0.05) is 31.5 Å². The van der Waals surface area contributed by atoms with E-state index in [4.69, 9.17) is 4.74 Å². The van der Waals surface area contributed by atoms with Gasteiger partial charge in [0.15, 0.2) is 5.82 Å². The zero-order chi connectivity index (χ0) is 14.5. The van der Waals surface area contributed by atoms with Crippen molar-refractivity contribution < 1.29 is 4.74 Å². The van der Waals surface area contributed by atoms with Crippen LogP contribution < -0.4 is 5.32 Å². The van der Waals surface area contributed by atoms with Gasteiger partial charge in [0.05, 0.1) is 6.61 Å². The number of aromatic nitrogens is 2. The zero-order valence-electron chi connectivity index (χ0n) is 12.5. The lowest BCUT2D eigenvalue weighted by Crippen LogP contribution is -2.02. The molecule has 0 fully saturated rings. The fourth-order valence-corrected chi connectivity index (χ4v) is 1.94. The lowest BCUT2D eigenvalue weighted by atomic mass is 10.1. The quantitative estimate of drug-likeness (QED) is 0.904. The number of anilines is 1. The largest absolute Gasteiger partial charge is 0.380 e. The Balaban J connectivity index is 2.37. The lowest BCUT2D eigenvalue weighted by molar-refractivity contribution is 0.185. The molecule has 0 aliphatic carbocycles. The van der Waals surface area contributed by atoms with Gasteiger partial charge in [0.2, 0.25) is 0 Å². The van der Waals surface area contributed by atoms with Gasteiger partial charge in [-0.05, 0) is 11.5 Å². The van der Waals surface area contributed by atoms with Gasteiger partial charge in [-0.1, -0.05) is 38.1 Å². The molecule has 4 nitrogen and oxygen atoms in total. The molecule has 106 valence electrons. The molecule has 2 aromatic rings. The third kappa shape index (κ3) is 3.33. The van der Waals surface area contributed by atoms with Crippen molar-refractivity contribution in [3.63, 3.8) is 0 Å². The standard InChI is InChI=1S/C16H21N3O/c1-11(2)14-9-15(17-3)19-16(18-14)13-7-5-12(6-8-13)10-20-4/h5-9,11H,10H2,1-4H3,(H,17,18,19). The van der Waals surface area contributed by atoms with Crippen molar-refractivity contribution in [2.75, 3.05) is 19.5 Å². The van der Waals surface area contributed by atoms with Crippen LogP contribution in [-0.2, 0) is 11.3 Å². The minimum atomic E-state index is 0.372. The molecule has 1 N–H and O–H groups in total. The Kier molecular flexibility index (Phi) is 4.69. The summed E-state index contributed by atoms with van der Waals surface area (Å²) < 4.78 is 5.12. The topological polar surface area (TPSA) is 47.0 Å². The van der Waals surface area contributed by atoms with Crippen LogP contribution in [0.5, 0.6) is 0 Å². The molecule has 0 saturated carbocycles. The Hall–Kier alpha value is -1.94. The second-order valence-electron chi connectivity index (χ2n) is 5.04. The first-order valence-corrected chi connectivity index (χ1v) is 6.79. The van der Waals surface area contributed by atoms with Crippen molar-refractivity contribution in [3.05, 3.63) is 41.6 Å². The van der Waals surface area contributed by atoms with E-state index in [2.05, 4.69) is 29.1 Å². The molecular weight excluding hydrogens is 250 g/mol. The minimum absolute atomic E-state index is 0.372. The number of ether oxygens (including phenoxy) is 1. The zero-order valence-corrected chi connectivity index (χ0v) is 12.5. The van der Waals surface area contributed by atoms with E-state index in [0.29, 0.717) is 12.5 Å². The summed E-state index contributed by atoms with van der Waals surface area (Å²) >= 11 is 0. The van der Waals surface area contributed by atoms with Crippen LogP contribution in [0.1, 0.15) is 31.0 Å². The molecule has 1 aromatic heterocycles. The van der Waals surface area contributed by atoms with Gasteiger partial charge in [-0.15, -0.1) is 0 Å². The van der Waals surface area contributed by atoms with E-state index >= 15 is 0 Å². The molecule has 0 bridgehead atoms. The van der Waals surface area contributed by atoms with E-state index in [1.807, 2.05) is 37.4 Å². The van der Waals surface area contributed by atoms with E-state index in [1.165, 1.54) is 0 Å². The van der Waals surface area contributed by atoms with Gasteiger partial charge in [0.1, 0.15) is 5.82 Å². The fourth-order valence-electron chi connectivity index (χ4n) is 1.94. The smallest absolute Gasteiger partial charge is 0.161 e. The molecule has 0 spiro atoms. The van der Waals surface area contributed by atoms with Crippen LogP contribution >= 0.6 is 0 Å². The predicted molar refractivity (Wildman–Crippen MR) is 81.8 cm³/mol. The first-order valence-electron chi connectivity index (χ1n) is 6.79. The van der Waals surface area contributed by atoms with Crippen LogP contribution in [0.4, 0.5) is 5.82 Å². The fraction of sp³-hybridized carbons (Fsp3) is 0.375. The summed E-state index contributed by atoms with van der Waals surface area (Å²) in [7, 11) is 3.57. The summed E-state index contributed by atoms with van der Waals surface area (Å²) in [6.45, 7) is 4.88. The van der Waals surface area contributed by atoms with E-state index in [1.54, 1.807) is 7.11 Å². The molecule has 0 aliphatic rings. The SMILES string of the molecule is CNc1cc(C(C)C)nc(-c2ccc(COC)cc2)n1. The van der Waals surface area contributed by atoms with Crippen LogP contribution in [0.25, 0.3) is 11.4 Å². The van der Waals surface area contributed by atoms with Crippen LogP contribution in [-0.4, -0.2) is 24.1 Å². The second-order valence-corrected chi connectivity index (χ2v) is 5.04. The van der Waals surface area contributed by atoms with Crippen molar-refractivity contribution in [2.24, 2.45) is 0 Å². The van der Waals surface area contributed by atoms with Gasteiger partial charge < -0.3 is 10.1 Å². The van der Waals surface area contributed by atoms with Gasteiger partial charge in [-0.3, -0.25) is 0 Å². The highest BCUT2D eigenvalue weighted by molar-refractivity contribution is 5.58. The predicted octanol–water partition coefficient (Wildman–Crippen LogP) is 3.46. The molecular formula is C16H21N3O. The summed E-state index contributed by atoms with van der Waals surface area (Å²) in [5.74, 6) is 1.97. The molecule has 0 unspecified atom stereocenters. The molecule has 4 heteroatoms. The Bertz CT molecular complexity index is 564. The van der Waals surface area contributed by atoms with Gasteiger partial charge in [-0.25, -0.2) is 9.97 Å². The molecule has 2 rings (SSSR count). The van der Waals surface area contributed by atoms with Crippen LogP contribution in [0, 0.1) is 0 Å². The van der Waals surface area contributed by atoms with Gasteiger partial charge in [-0.2, -0.15) is 0 Å². The summed E-state index contributed by atoms with van der Waals surface area (Å²) in [5.41, 5.74) is 3.20. The number of benzene rings is 1. The van der Waals surface area contributed by atoms with E-state index in [0.717, 1.165) is 28.5 Å². The summed E-state index contributed by atoms with van der Waals surface area (Å²) in [6, 6.07) is 10.2. The van der Waals surface area contributed by atoms with Gasteiger partial charge in [0.25, 0.3) is 0 Å². The molecule has 0 radical (unpaired) electrons. The molecule has 20 heavy (non-hydrogen) atoms. The van der Waals surface area contributed by atoms with Crippen LogP contribution in [0.3, 0.4) is 0 Å². The molecule has 0 aliphatic heterocycles.